The van der Waals surface area contributed by atoms with Crippen LogP contribution in [0, 0.1) is 0 Å². The maximum atomic E-state index is 12.6. The molecule has 0 aliphatic rings. The van der Waals surface area contributed by atoms with E-state index >= 15 is 0 Å². The second kappa shape index (κ2) is 7.31. The van der Waals surface area contributed by atoms with Gasteiger partial charge in [-0.15, -0.1) is 11.3 Å². The van der Waals surface area contributed by atoms with Crippen molar-refractivity contribution < 1.29 is 18.0 Å². The number of thiazole rings is 1. The minimum absolute atomic E-state index is 0.00399. The fourth-order valence-electron chi connectivity index (χ4n) is 2.02. The molecule has 0 bridgehead atoms. The summed E-state index contributed by atoms with van der Waals surface area (Å²) in [6.45, 7) is 0.775. The van der Waals surface area contributed by atoms with Gasteiger partial charge in [0.15, 0.2) is 0 Å². The van der Waals surface area contributed by atoms with Crippen molar-refractivity contribution in [1.29, 1.82) is 0 Å². The Kier molecular flexibility index (Phi) is 5.61. The summed E-state index contributed by atoms with van der Waals surface area (Å²) < 4.78 is 37.7. The van der Waals surface area contributed by atoms with E-state index in [1.807, 2.05) is 17.3 Å². The first-order valence-corrected chi connectivity index (χ1v) is 8.05. The van der Waals surface area contributed by atoms with Gasteiger partial charge in [-0.25, -0.2) is 4.98 Å². The molecule has 0 N–H and O–H groups in total. The maximum absolute atomic E-state index is 12.6. The smallest absolute Gasteiger partial charge is 0.348 e. The van der Waals surface area contributed by atoms with Gasteiger partial charge in [0.2, 0.25) is 5.91 Å². The molecule has 0 spiro atoms. The molecule has 8 heteroatoms. The molecule has 0 unspecified atom stereocenters. The van der Waals surface area contributed by atoms with E-state index in [1.165, 1.54) is 28.4 Å². The first-order valence-electron chi connectivity index (χ1n) is 7.17. The van der Waals surface area contributed by atoms with E-state index in [2.05, 4.69) is 4.98 Å². The number of aromatic nitrogens is 1. The van der Waals surface area contributed by atoms with Gasteiger partial charge in [-0.3, -0.25) is 9.69 Å². The van der Waals surface area contributed by atoms with Crippen LogP contribution in [0.5, 0.6) is 0 Å². The highest BCUT2D eigenvalue weighted by Crippen LogP contribution is 2.31. The lowest BCUT2D eigenvalue weighted by atomic mass is 10.1. The van der Waals surface area contributed by atoms with Crippen LogP contribution in [0.25, 0.3) is 10.6 Å². The van der Waals surface area contributed by atoms with Crippen LogP contribution in [-0.2, 0) is 17.5 Å². The zero-order valence-electron chi connectivity index (χ0n) is 13.6. The molecule has 0 radical (unpaired) electrons. The Bertz CT molecular complexity index is 695. The van der Waals surface area contributed by atoms with Gasteiger partial charge in [-0.05, 0) is 19.2 Å². The SMILES string of the molecule is CN(CC(=O)N(C)C)Cc1csc(-c2ccc(C(F)(F)F)cc2)n1. The fourth-order valence-corrected chi connectivity index (χ4v) is 2.84. The largest absolute Gasteiger partial charge is 0.416 e. The van der Waals surface area contributed by atoms with Gasteiger partial charge < -0.3 is 4.90 Å². The molecule has 0 aliphatic carbocycles. The van der Waals surface area contributed by atoms with Crippen LogP contribution in [0.3, 0.4) is 0 Å². The summed E-state index contributed by atoms with van der Waals surface area (Å²) in [5.41, 5.74) is 0.750. The van der Waals surface area contributed by atoms with Crippen molar-refractivity contribution in [3.63, 3.8) is 0 Å². The van der Waals surface area contributed by atoms with Gasteiger partial charge >= 0.3 is 6.18 Å². The van der Waals surface area contributed by atoms with Crippen molar-refractivity contribution in [1.82, 2.24) is 14.8 Å². The Labute approximate surface area is 142 Å². The molecule has 130 valence electrons. The van der Waals surface area contributed by atoms with Crippen LogP contribution in [0.2, 0.25) is 0 Å². The molecule has 1 aromatic carbocycles. The Balaban J connectivity index is 2.04. The second-order valence-corrected chi connectivity index (χ2v) is 6.54. The number of carbonyl (C=O) groups excluding carboxylic acids is 1. The van der Waals surface area contributed by atoms with Gasteiger partial charge in [-0.2, -0.15) is 13.2 Å². The molecule has 1 aromatic heterocycles. The highest BCUT2D eigenvalue weighted by atomic mass is 32.1. The van der Waals surface area contributed by atoms with Crippen molar-refractivity contribution in [2.45, 2.75) is 12.7 Å². The molecule has 1 amide bonds. The standard InChI is InChI=1S/C16H18F3N3OS/c1-21(2)14(23)9-22(3)8-13-10-24-15(20-13)11-4-6-12(7-5-11)16(17,18)19/h4-7,10H,8-9H2,1-3H3. The first kappa shape index (κ1) is 18.4. The van der Waals surface area contributed by atoms with E-state index in [0.717, 1.165) is 17.8 Å². The van der Waals surface area contributed by atoms with E-state index in [1.54, 1.807) is 14.1 Å². The lowest BCUT2D eigenvalue weighted by molar-refractivity contribution is -0.137. The monoisotopic (exact) mass is 357 g/mol. The minimum atomic E-state index is -4.34. The molecule has 0 saturated heterocycles. The number of benzene rings is 1. The van der Waals surface area contributed by atoms with Gasteiger partial charge in [-0.1, -0.05) is 12.1 Å². The molecule has 0 atom stereocenters. The quantitative estimate of drug-likeness (QED) is 0.823. The van der Waals surface area contributed by atoms with E-state index < -0.39 is 11.7 Å². The van der Waals surface area contributed by atoms with Gasteiger partial charge in [0.1, 0.15) is 5.01 Å². The molecule has 0 saturated carbocycles. The number of hydrogen-bond donors (Lipinski definition) is 0. The number of alkyl halides is 3. The van der Waals surface area contributed by atoms with E-state index in [4.69, 9.17) is 0 Å². The normalized spacial score (nSPS) is 11.8. The van der Waals surface area contributed by atoms with Crippen molar-refractivity contribution in [3.05, 3.63) is 40.9 Å². The average Bonchev–Trinajstić information content (AvgIpc) is 2.94. The lowest BCUT2D eigenvalue weighted by Gasteiger charge is -2.17. The van der Waals surface area contributed by atoms with Gasteiger partial charge in [0.05, 0.1) is 17.8 Å². The molecule has 1 heterocycles. The molecule has 2 aromatic rings. The Morgan fingerprint density at radius 2 is 1.79 bits per heavy atom. The summed E-state index contributed by atoms with van der Waals surface area (Å²) in [5, 5.41) is 2.51. The second-order valence-electron chi connectivity index (χ2n) is 5.68. The summed E-state index contributed by atoms with van der Waals surface area (Å²) in [5.74, 6) is -0.00399. The number of amides is 1. The Morgan fingerprint density at radius 1 is 1.17 bits per heavy atom. The van der Waals surface area contributed by atoms with Crippen LogP contribution >= 0.6 is 11.3 Å². The van der Waals surface area contributed by atoms with Crippen molar-refractivity contribution in [2.24, 2.45) is 0 Å². The van der Waals surface area contributed by atoms with Crippen LogP contribution in [-0.4, -0.2) is 48.4 Å². The number of rotatable bonds is 5. The number of hydrogen-bond acceptors (Lipinski definition) is 4. The minimum Gasteiger partial charge on any atom is -0.348 e. The zero-order chi connectivity index (χ0) is 17.9. The summed E-state index contributed by atoms with van der Waals surface area (Å²) in [6, 6.07) is 4.95. The highest BCUT2D eigenvalue weighted by Gasteiger charge is 2.30. The molecular formula is C16H18F3N3OS. The molecule has 0 aliphatic heterocycles. The van der Waals surface area contributed by atoms with E-state index in [-0.39, 0.29) is 12.5 Å². The first-order chi connectivity index (χ1) is 11.2. The maximum Gasteiger partial charge on any atom is 0.416 e. The topological polar surface area (TPSA) is 36.4 Å². The number of nitrogens with zero attached hydrogens (tertiary/aromatic N) is 3. The molecule has 24 heavy (non-hydrogen) atoms. The summed E-state index contributed by atoms with van der Waals surface area (Å²) in [4.78, 5) is 19.5. The van der Waals surface area contributed by atoms with Crippen LogP contribution in [0.4, 0.5) is 13.2 Å². The van der Waals surface area contributed by atoms with Crippen molar-refractivity contribution in [3.8, 4) is 10.6 Å². The Morgan fingerprint density at radius 3 is 2.33 bits per heavy atom. The fraction of sp³-hybridized carbons (Fsp3) is 0.375. The summed E-state index contributed by atoms with van der Waals surface area (Å²) >= 11 is 1.37. The van der Waals surface area contributed by atoms with Crippen LogP contribution in [0.15, 0.2) is 29.6 Å². The third kappa shape index (κ3) is 4.78. The third-order valence-corrected chi connectivity index (χ3v) is 4.29. The summed E-state index contributed by atoms with van der Waals surface area (Å²) in [7, 11) is 5.21. The summed E-state index contributed by atoms with van der Waals surface area (Å²) in [6.07, 6.45) is -4.34. The predicted molar refractivity (Wildman–Crippen MR) is 87.6 cm³/mol. The molecule has 4 nitrogen and oxygen atoms in total. The van der Waals surface area contributed by atoms with E-state index in [9.17, 15) is 18.0 Å². The van der Waals surface area contributed by atoms with Crippen LogP contribution < -0.4 is 0 Å². The zero-order valence-corrected chi connectivity index (χ0v) is 14.4. The third-order valence-electron chi connectivity index (χ3n) is 3.35. The van der Waals surface area contributed by atoms with E-state index in [0.29, 0.717) is 17.1 Å². The molecule has 2 rings (SSSR count). The van der Waals surface area contributed by atoms with Gasteiger partial charge in [0.25, 0.3) is 0 Å². The highest BCUT2D eigenvalue weighted by molar-refractivity contribution is 7.13. The number of carbonyl (C=O) groups is 1. The molecule has 0 fully saturated rings. The lowest BCUT2D eigenvalue weighted by Crippen LogP contribution is -2.34. The van der Waals surface area contributed by atoms with Crippen molar-refractivity contribution in [2.75, 3.05) is 27.7 Å². The average molecular weight is 357 g/mol. The van der Waals surface area contributed by atoms with Gasteiger partial charge in [0, 0.05) is 31.6 Å². The molecular weight excluding hydrogens is 339 g/mol. The van der Waals surface area contributed by atoms with Crippen molar-refractivity contribution >= 4 is 17.2 Å². The predicted octanol–water partition coefficient (Wildman–Crippen LogP) is 3.35. The Hall–Kier alpha value is -1.93. The number of halogens is 3. The van der Waals surface area contributed by atoms with Crippen LogP contribution in [0.1, 0.15) is 11.3 Å². The number of likely N-dealkylation sites (N-methyl/N-ethyl adjacent to an activating group) is 2.